The van der Waals surface area contributed by atoms with E-state index < -0.39 is 0 Å². The zero-order valence-corrected chi connectivity index (χ0v) is 17.1. The lowest BCUT2D eigenvalue weighted by atomic mass is 10.1. The molecule has 134 valence electrons. The monoisotopic (exact) mass is 382 g/mol. The number of thiazole rings is 1. The second-order valence-electron chi connectivity index (χ2n) is 6.35. The van der Waals surface area contributed by atoms with Crippen LogP contribution in [0.3, 0.4) is 0 Å². The van der Waals surface area contributed by atoms with Gasteiger partial charge >= 0.3 is 0 Å². The minimum atomic E-state index is -0.0293. The van der Waals surface area contributed by atoms with E-state index in [0.29, 0.717) is 0 Å². The van der Waals surface area contributed by atoms with E-state index in [1.54, 1.807) is 23.6 Å². The van der Waals surface area contributed by atoms with E-state index in [2.05, 4.69) is 32.0 Å². The summed E-state index contributed by atoms with van der Waals surface area (Å²) >= 11 is 3.28. The molecule has 0 aliphatic heterocycles. The molecule has 0 unspecified atom stereocenters. The molecule has 0 saturated heterocycles. The van der Waals surface area contributed by atoms with Crippen molar-refractivity contribution in [2.75, 3.05) is 4.90 Å². The fraction of sp³-hybridized carbons (Fsp3) is 0.238. The van der Waals surface area contributed by atoms with Crippen molar-refractivity contribution in [3.05, 3.63) is 70.2 Å². The van der Waals surface area contributed by atoms with Crippen molar-refractivity contribution in [3.63, 3.8) is 0 Å². The first kappa shape index (κ1) is 18.7. The Labute approximate surface area is 163 Å². The number of benzene rings is 2. The van der Waals surface area contributed by atoms with Gasteiger partial charge < -0.3 is 0 Å². The van der Waals surface area contributed by atoms with E-state index in [1.165, 1.54) is 27.4 Å². The van der Waals surface area contributed by atoms with Crippen molar-refractivity contribution >= 4 is 39.8 Å². The first-order valence-corrected chi connectivity index (χ1v) is 10.3. The summed E-state index contributed by atoms with van der Waals surface area (Å²) in [7, 11) is 0. The van der Waals surface area contributed by atoms with Crippen molar-refractivity contribution in [1.82, 2.24) is 4.98 Å². The average molecular weight is 383 g/mol. The third-order valence-corrected chi connectivity index (χ3v) is 6.07. The van der Waals surface area contributed by atoms with Gasteiger partial charge in [0.15, 0.2) is 5.13 Å². The standard InChI is InChI=1S/C21H22N2OS2/c1-14-6-5-7-19(10-14)23(17(4)24)21-22-18(13-26-21)12-25-20-9-8-15(2)16(3)11-20/h5-11,13H,12H2,1-4H3. The summed E-state index contributed by atoms with van der Waals surface area (Å²) in [5, 5.41) is 2.76. The van der Waals surface area contributed by atoms with Crippen LogP contribution in [0.25, 0.3) is 0 Å². The van der Waals surface area contributed by atoms with Crippen molar-refractivity contribution in [2.45, 2.75) is 38.3 Å². The van der Waals surface area contributed by atoms with E-state index in [1.807, 2.05) is 36.6 Å². The van der Waals surface area contributed by atoms with Crippen LogP contribution in [0, 0.1) is 20.8 Å². The number of nitrogens with zero attached hydrogens (tertiary/aromatic N) is 2. The molecule has 2 aromatic carbocycles. The number of rotatable bonds is 5. The number of aryl methyl sites for hydroxylation is 3. The fourth-order valence-electron chi connectivity index (χ4n) is 2.62. The maximum atomic E-state index is 12.2. The van der Waals surface area contributed by atoms with E-state index in [0.717, 1.165) is 27.8 Å². The molecule has 1 heterocycles. The lowest BCUT2D eigenvalue weighted by molar-refractivity contribution is -0.115. The molecule has 0 saturated carbocycles. The summed E-state index contributed by atoms with van der Waals surface area (Å²) in [6.07, 6.45) is 0. The quantitative estimate of drug-likeness (QED) is 0.504. The number of thioether (sulfide) groups is 1. The number of aromatic nitrogens is 1. The van der Waals surface area contributed by atoms with E-state index >= 15 is 0 Å². The Balaban J connectivity index is 1.77. The number of hydrogen-bond donors (Lipinski definition) is 0. The van der Waals surface area contributed by atoms with Gasteiger partial charge in [-0.15, -0.1) is 23.1 Å². The molecule has 26 heavy (non-hydrogen) atoms. The third-order valence-electron chi connectivity index (χ3n) is 4.17. The second kappa shape index (κ2) is 8.06. The van der Waals surface area contributed by atoms with Gasteiger partial charge in [-0.1, -0.05) is 18.2 Å². The summed E-state index contributed by atoms with van der Waals surface area (Å²) in [5.74, 6) is 0.761. The Hall–Kier alpha value is -2.11. The molecule has 0 N–H and O–H groups in total. The predicted octanol–water partition coefficient (Wildman–Crippen LogP) is 6.05. The second-order valence-corrected chi connectivity index (χ2v) is 8.23. The zero-order valence-electron chi connectivity index (χ0n) is 15.4. The average Bonchev–Trinajstić information content (AvgIpc) is 3.04. The highest BCUT2D eigenvalue weighted by Gasteiger charge is 2.18. The van der Waals surface area contributed by atoms with Gasteiger partial charge in [0.1, 0.15) is 0 Å². The van der Waals surface area contributed by atoms with Gasteiger partial charge in [0.25, 0.3) is 0 Å². The minimum Gasteiger partial charge on any atom is -0.274 e. The molecule has 1 aromatic heterocycles. The van der Waals surface area contributed by atoms with Gasteiger partial charge in [-0.2, -0.15) is 0 Å². The Morgan fingerprint density at radius 3 is 2.62 bits per heavy atom. The van der Waals surface area contributed by atoms with Crippen molar-refractivity contribution in [2.24, 2.45) is 0 Å². The van der Waals surface area contributed by atoms with Crippen LogP contribution >= 0.6 is 23.1 Å². The smallest absolute Gasteiger partial charge is 0.230 e. The lowest BCUT2D eigenvalue weighted by Crippen LogP contribution is -2.22. The molecule has 0 aliphatic rings. The normalized spacial score (nSPS) is 10.8. The molecule has 0 fully saturated rings. The Bertz CT molecular complexity index is 933. The van der Waals surface area contributed by atoms with Crippen molar-refractivity contribution < 1.29 is 4.79 Å². The van der Waals surface area contributed by atoms with Gasteiger partial charge in [-0.3, -0.25) is 9.69 Å². The predicted molar refractivity (Wildman–Crippen MR) is 112 cm³/mol. The molecule has 0 bridgehead atoms. The highest BCUT2D eigenvalue weighted by atomic mass is 32.2. The molecule has 0 spiro atoms. The Kier molecular flexibility index (Phi) is 5.79. The SMILES string of the molecule is CC(=O)N(c1cccc(C)c1)c1nc(CSc2ccc(C)c(C)c2)cs1. The molecule has 5 heteroatoms. The molecule has 3 aromatic rings. The van der Waals surface area contributed by atoms with Crippen LogP contribution in [0.1, 0.15) is 29.3 Å². The highest BCUT2D eigenvalue weighted by molar-refractivity contribution is 7.98. The fourth-order valence-corrected chi connectivity index (χ4v) is 4.50. The van der Waals surface area contributed by atoms with Crippen molar-refractivity contribution in [1.29, 1.82) is 0 Å². The molecular weight excluding hydrogens is 360 g/mol. The molecule has 1 amide bonds. The van der Waals surface area contributed by atoms with E-state index in [-0.39, 0.29) is 5.91 Å². The van der Waals surface area contributed by atoms with Crippen LogP contribution in [0.5, 0.6) is 0 Å². The maximum Gasteiger partial charge on any atom is 0.230 e. The number of carbonyl (C=O) groups excluding carboxylic acids is 1. The molecule has 3 nitrogen and oxygen atoms in total. The van der Waals surface area contributed by atoms with Gasteiger partial charge in [0.2, 0.25) is 5.91 Å². The first-order chi connectivity index (χ1) is 12.4. The third kappa shape index (κ3) is 4.34. The molecule has 0 aliphatic carbocycles. The minimum absolute atomic E-state index is 0.0293. The first-order valence-electron chi connectivity index (χ1n) is 8.46. The summed E-state index contributed by atoms with van der Waals surface area (Å²) in [6, 6.07) is 14.4. The van der Waals surface area contributed by atoms with Crippen LogP contribution in [-0.2, 0) is 10.5 Å². The topological polar surface area (TPSA) is 33.2 Å². The largest absolute Gasteiger partial charge is 0.274 e. The van der Waals surface area contributed by atoms with Gasteiger partial charge in [0.05, 0.1) is 11.4 Å². The summed E-state index contributed by atoms with van der Waals surface area (Å²) in [4.78, 5) is 19.8. The van der Waals surface area contributed by atoms with Crippen LogP contribution in [0.2, 0.25) is 0 Å². The van der Waals surface area contributed by atoms with E-state index in [9.17, 15) is 4.79 Å². The summed E-state index contributed by atoms with van der Waals surface area (Å²) in [6.45, 7) is 7.85. The van der Waals surface area contributed by atoms with E-state index in [4.69, 9.17) is 4.98 Å². The van der Waals surface area contributed by atoms with Crippen LogP contribution in [0.15, 0.2) is 52.7 Å². The summed E-state index contributed by atoms with van der Waals surface area (Å²) in [5.41, 5.74) is 5.58. The van der Waals surface area contributed by atoms with Crippen LogP contribution in [-0.4, -0.2) is 10.9 Å². The lowest BCUT2D eigenvalue weighted by Gasteiger charge is -2.18. The summed E-state index contributed by atoms with van der Waals surface area (Å²) < 4.78 is 0. The van der Waals surface area contributed by atoms with Gasteiger partial charge in [-0.25, -0.2) is 4.98 Å². The highest BCUT2D eigenvalue weighted by Crippen LogP contribution is 2.32. The Morgan fingerprint density at radius 1 is 1.12 bits per heavy atom. The zero-order chi connectivity index (χ0) is 18.7. The van der Waals surface area contributed by atoms with Crippen LogP contribution < -0.4 is 4.90 Å². The number of carbonyl (C=O) groups is 1. The van der Waals surface area contributed by atoms with Crippen molar-refractivity contribution in [3.8, 4) is 0 Å². The Morgan fingerprint density at radius 2 is 1.92 bits per heavy atom. The molecule has 0 radical (unpaired) electrons. The van der Waals surface area contributed by atoms with Crippen LogP contribution in [0.4, 0.5) is 10.8 Å². The van der Waals surface area contributed by atoms with Gasteiger partial charge in [0, 0.05) is 23.0 Å². The molecular formula is C21H22N2OS2. The van der Waals surface area contributed by atoms with Gasteiger partial charge in [-0.05, 0) is 61.7 Å². The maximum absolute atomic E-state index is 12.2. The number of amides is 1. The molecule has 3 rings (SSSR count). The number of anilines is 2. The molecule has 0 atom stereocenters. The number of hydrogen-bond acceptors (Lipinski definition) is 4.